The third-order valence-corrected chi connectivity index (χ3v) is 13.1. The van der Waals surface area contributed by atoms with Crippen molar-refractivity contribution >= 4 is 36.1 Å². The average molecular weight is 925 g/mol. The molecule has 5 rings (SSSR count). The number of cyclic esters (lactones) is 1. The van der Waals surface area contributed by atoms with Gasteiger partial charge >= 0.3 is 24.2 Å². The zero-order chi connectivity index (χ0) is 48.7. The van der Waals surface area contributed by atoms with Crippen molar-refractivity contribution < 1.29 is 62.3 Å². The van der Waals surface area contributed by atoms with Crippen LogP contribution in [0.2, 0.25) is 0 Å². The van der Waals surface area contributed by atoms with Crippen LogP contribution in [0.25, 0.3) is 17.5 Å². The highest BCUT2D eigenvalue weighted by Crippen LogP contribution is 2.42. The van der Waals surface area contributed by atoms with Crippen LogP contribution < -0.4 is 10.6 Å². The van der Waals surface area contributed by atoms with Gasteiger partial charge in [-0.25, -0.2) is 24.4 Å². The standard InChI is InChI=1S/C47H68N6O13/c1-13-34-47(8)38(51-44(58)66-47)28(4)35(54)26(2)25-46(7,65-43(57)50-21-14-16-31-17-19-32(20-18-31)40-48-22-15-23-49-40)39(64-42-36(55)33(52(9)10)24-27(3)61-42)29(5)37(30(6)41(56)62-34)63-45(59)53(11)60-12/h14-20,22-23,26-30,33-34,36-39,42,55H,13,21,24-25H2,1-12H3,(H,50,57)(H,51,58)/t26-,27-,28+,29+,30-,33+,34-,36-,37+,38-,39-,42+,46-,47-/m1/s1. The highest BCUT2D eigenvalue weighted by atomic mass is 16.7. The number of fused-ring (bicyclic) bond motifs is 1. The third-order valence-electron chi connectivity index (χ3n) is 13.1. The predicted molar refractivity (Wildman–Crippen MR) is 240 cm³/mol. The second-order valence-electron chi connectivity index (χ2n) is 18.3. The highest BCUT2D eigenvalue weighted by molar-refractivity contribution is 5.85. The fraction of sp³-hybridized carbons (Fsp3) is 0.638. The molecule has 3 aliphatic rings. The van der Waals surface area contributed by atoms with E-state index in [1.165, 1.54) is 21.1 Å². The Bertz CT molecular complexity index is 2030. The number of carbonyl (C=O) groups excluding carboxylic acids is 5. The summed E-state index contributed by atoms with van der Waals surface area (Å²) in [6.45, 7) is 13.3. The van der Waals surface area contributed by atoms with Crippen LogP contribution in [0.1, 0.15) is 80.2 Å². The van der Waals surface area contributed by atoms with E-state index >= 15 is 0 Å². The summed E-state index contributed by atoms with van der Waals surface area (Å²) in [6.07, 6.45) is -1.95. The Kier molecular flexibility index (Phi) is 17.3. The van der Waals surface area contributed by atoms with Crippen LogP contribution in [0.5, 0.6) is 0 Å². The summed E-state index contributed by atoms with van der Waals surface area (Å²) in [5.74, 6) is -4.61. The van der Waals surface area contributed by atoms with E-state index in [0.29, 0.717) is 12.2 Å². The minimum absolute atomic E-state index is 0.0303. The Labute approximate surface area is 387 Å². The molecular weight excluding hydrogens is 857 g/mol. The molecule has 3 amide bonds. The maximum Gasteiger partial charge on any atom is 0.433 e. The minimum atomic E-state index is -1.79. The lowest BCUT2D eigenvalue weighted by Crippen LogP contribution is -2.61. The fourth-order valence-electron chi connectivity index (χ4n) is 9.48. The summed E-state index contributed by atoms with van der Waals surface area (Å²) in [7, 11) is 6.24. The van der Waals surface area contributed by atoms with Gasteiger partial charge in [-0.15, -0.1) is 0 Å². The largest absolute Gasteiger partial charge is 0.458 e. The normalized spacial score (nSPS) is 34.4. The van der Waals surface area contributed by atoms with Gasteiger partial charge in [-0.05, 0) is 72.7 Å². The lowest BCUT2D eigenvalue weighted by molar-refractivity contribution is -0.298. The van der Waals surface area contributed by atoms with Crippen molar-refractivity contribution in [1.29, 1.82) is 0 Å². The van der Waals surface area contributed by atoms with E-state index in [-0.39, 0.29) is 25.2 Å². The molecule has 2 aromatic rings. The second kappa shape index (κ2) is 22.1. The van der Waals surface area contributed by atoms with Gasteiger partial charge in [0.1, 0.15) is 35.8 Å². The van der Waals surface area contributed by atoms with E-state index < -0.39 is 108 Å². The molecule has 364 valence electrons. The lowest BCUT2D eigenvalue weighted by Gasteiger charge is -2.48. The second-order valence-corrected chi connectivity index (χ2v) is 18.3. The van der Waals surface area contributed by atoms with Crippen molar-refractivity contribution in [1.82, 2.24) is 30.6 Å². The van der Waals surface area contributed by atoms with Crippen molar-refractivity contribution in [3.8, 4) is 11.4 Å². The molecular formula is C47H68N6O13. The van der Waals surface area contributed by atoms with Crippen molar-refractivity contribution in [2.24, 2.45) is 23.7 Å². The molecule has 19 nitrogen and oxygen atoms in total. The van der Waals surface area contributed by atoms with Crippen LogP contribution in [-0.4, -0.2) is 150 Å². The molecule has 3 saturated heterocycles. The molecule has 14 atom stereocenters. The number of ketones is 1. The number of ether oxygens (including phenoxy) is 6. The van der Waals surface area contributed by atoms with Gasteiger partial charge in [0.2, 0.25) is 0 Å². The Hall–Kier alpha value is -5.21. The number of nitrogens with one attached hydrogen (secondary N) is 2. The molecule has 19 heteroatoms. The van der Waals surface area contributed by atoms with E-state index in [0.717, 1.165) is 16.2 Å². The molecule has 0 unspecified atom stereocenters. The number of hydroxylamine groups is 2. The SMILES string of the molecule is CC[C@H]1OC(=O)[C@H](C)[C@@H](OC(=O)N(C)OC)[C@H](C)[C@@H](O[C@@H]2O[C@H](C)C[C@H](N(C)C)[C@H]2O)[C@](C)(OC(=O)NCC=Cc2ccc(-c3ncccn3)cc2)C[C@@H](C)C(=O)[C@H](C)[C@H]2NC(=O)O[C@@]21C. The minimum Gasteiger partial charge on any atom is -0.458 e. The highest BCUT2D eigenvalue weighted by Gasteiger charge is 2.58. The summed E-state index contributed by atoms with van der Waals surface area (Å²) in [6, 6.07) is 7.94. The maximum absolute atomic E-state index is 14.7. The van der Waals surface area contributed by atoms with E-state index in [1.54, 1.807) is 66.1 Å². The molecule has 0 saturated carbocycles. The van der Waals surface area contributed by atoms with E-state index in [9.17, 15) is 29.1 Å². The number of amides is 3. The van der Waals surface area contributed by atoms with Crippen molar-refractivity contribution in [3.63, 3.8) is 0 Å². The number of nitrogens with zero attached hydrogens (tertiary/aromatic N) is 4. The summed E-state index contributed by atoms with van der Waals surface area (Å²) in [5.41, 5.74) is -1.59. The number of alkyl carbamates (subject to hydrolysis) is 2. The molecule has 4 heterocycles. The van der Waals surface area contributed by atoms with Gasteiger partial charge in [-0.3, -0.25) is 14.4 Å². The van der Waals surface area contributed by atoms with Crippen LogP contribution in [-0.2, 0) is 42.8 Å². The zero-order valence-electron chi connectivity index (χ0n) is 40.1. The van der Waals surface area contributed by atoms with E-state index in [1.807, 2.05) is 56.3 Å². The summed E-state index contributed by atoms with van der Waals surface area (Å²) in [5, 5.41) is 18.2. The van der Waals surface area contributed by atoms with Crippen molar-refractivity contribution in [2.45, 2.75) is 135 Å². The first kappa shape index (κ1) is 51.8. The molecule has 0 bridgehead atoms. The molecule has 3 N–H and O–H groups in total. The number of rotatable bonds is 11. The van der Waals surface area contributed by atoms with Crippen LogP contribution >= 0.6 is 0 Å². The monoisotopic (exact) mass is 924 g/mol. The zero-order valence-corrected chi connectivity index (χ0v) is 40.1. The topological polar surface area (TPSA) is 227 Å². The number of hydrogen-bond acceptors (Lipinski definition) is 16. The number of aromatic nitrogens is 2. The van der Waals surface area contributed by atoms with Crippen LogP contribution in [0.3, 0.4) is 0 Å². The van der Waals surface area contributed by atoms with Crippen molar-refractivity contribution in [2.75, 3.05) is 34.8 Å². The first-order valence-corrected chi connectivity index (χ1v) is 22.5. The third kappa shape index (κ3) is 11.8. The number of Topliss-reactive ketones (excluding diaryl/α,β-unsaturated/α-hetero) is 1. The smallest absolute Gasteiger partial charge is 0.433 e. The van der Waals surface area contributed by atoms with Gasteiger partial charge < -0.3 is 49.1 Å². The number of aliphatic hydroxyl groups is 1. The lowest BCUT2D eigenvalue weighted by atomic mass is 9.73. The van der Waals surface area contributed by atoms with Crippen molar-refractivity contribution in [3.05, 3.63) is 54.4 Å². The molecule has 3 fully saturated rings. The number of aliphatic hydroxyl groups excluding tert-OH is 1. The van der Waals surface area contributed by atoms with Crippen LogP contribution in [0.15, 0.2) is 48.8 Å². The van der Waals surface area contributed by atoms with Gasteiger partial charge in [0.05, 0.1) is 25.2 Å². The number of esters is 1. The Morgan fingerprint density at radius 2 is 1.68 bits per heavy atom. The Balaban J connectivity index is 1.57. The molecule has 0 spiro atoms. The number of benzene rings is 1. The van der Waals surface area contributed by atoms with Crippen LogP contribution in [0, 0.1) is 23.7 Å². The van der Waals surface area contributed by atoms with E-state index in [2.05, 4.69) is 20.6 Å². The molecule has 1 aromatic heterocycles. The molecule has 66 heavy (non-hydrogen) atoms. The predicted octanol–water partition coefficient (Wildman–Crippen LogP) is 5.16. The number of likely N-dealkylation sites (N-methyl/N-ethyl adjacent to an activating group) is 1. The Morgan fingerprint density at radius 3 is 2.30 bits per heavy atom. The first-order valence-electron chi connectivity index (χ1n) is 22.5. The van der Waals surface area contributed by atoms with E-state index in [4.69, 9.17) is 33.3 Å². The summed E-state index contributed by atoms with van der Waals surface area (Å²) in [4.78, 5) is 85.3. The van der Waals surface area contributed by atoms with Gasteiger partial charge in [-0.1, -0.05) is 64.1 Å². The molecule has 0 radical (unpaired) electrons. The number of carbonyl (C=O) groups is 5. The number of hydrogen-bond donors (Lipinski definition) is 3. The summed E-state index contributed by atoms with van der Waals surface area (Å²) < 4.78 is 37.5. The average Bonchev–Trinajstić information content (AvgIpc) is 3.61. The fourth-order valence-corrected chi connectivity index (χ4v) is 9.48. The van der Waals surface area contributed by atoms with Gasteiger partial charge in [0, 0.05) is 55.3 Å². The first-order chi connectivity index (χ1) is 31.1. The van der Waals surface area contributed by atoms with Gasteiger partial charge in [-0.2, -0.15) is 5.06 Å². The maximum atomic E-state index is 14.7. The molecule has 3 aliphatic heterocycles. The molecule has 0 aliphatic carbocycles. The Morgan fingerprint density at radius 1 is 1.02 bits per heavy atom. The van der Waals surface area contributed by atoms with Crippen LogP contribution in [0.4, 0.5) is 14.4 Å². The molecule has 1 aromatic carbocycles. The summed E-state index contributed by atoms with van der Waals surface area (Å²) >= 11 is 0. The quantitative estimate of drug-likeness (QED) is 0.150. The van der Waals surface area contributed by atoms with Gasteiger partial charge in [0.15, 0.2) is 17.7 Å². The van der Waals surface area contributed by atoms with Gasteiger partial charge in [0.25, 0.3) is 0 Å².